The zero-order valence-electron chi connectivity index (χ0n) is 14.6. The molecule has 1 aliphatic rings. The lowest BCUT2D eigenvalue weighted by atomic mass is 10.0. The summed E-state index contributed by atoms with van der Waals surface area (Å²) in [6, 6.07) is 7.90. The first kappa shape index (κ1) is 17.0. The highest BCUT2D eigenvalue weighted by Crippen LogP contribution is 2.17. The number of hydrogen-bond donors (Lipinski definition) is 2. The molecule has 0 radical (unpaired) electrons. The summed E-state index contributed by atoms with van der Waals surface area (Å²) in [5.41, 5.74) is 4.85. The molecule has 0 spiro atoms. The number of urea groups is 1. The summed E-state index contributed by atoms with van der Waals surface area (Å²) < 4.78 is 5.07. The first-order valence-corrected chi connectivity index (χ1v) is 8.26. The van der Waals surface area contributed by atoms with Crippen molar-refractivity contribution in [2.24, 2.45) is 5.16 Å². The summed E-state index contributed by atoms with van der Waals surface area (Å²) in [5, 5.41) is 13.6. The van der Waals surface area contributed by atoms with Crippen molar-refractivity contribution in [3.05, 3.63) is 52.4 Å². The number of rotatable bonds is 5. The second-order valence-corrected chi connectivity index (χ2v) is 6.20. The van der Waals surface area contributed by atoms with E-state index in [1.54, 1.807) is 0 Å². The maximum atomic E-state index is 11.9. The van der Waals surface area contributed by atoms with Gasteiger partial charge in [-0.3, -0.25) is 0 Å². The molecule has 3 rings (SSSR count). The number of nitrogens with zero attached hydrogens (tertiary/aromatic N) is 2. The molecule has 0 bridgehead atoms. The maximum Gasteiger partial charge on any atom is 0.315 e. The topological polar surface area (TPSA) is 88.8 Å². The van der Waals surface area contributed by atoms with Crippen LogP contribution in [0.4, 0.5) is 4.79 Å². The first-order chi connectivity index (χ1) is 12.0. The van der Waals surface area contributed by atoms with Gasteiger partial charge in [0.2, 0.25) is 0 Å². The Labute approximate surface area is 146 Å². The van der Waals surface area contributed by atoms with Crippen molar-refractivity contribution in [3.8, 4) is 0 Å². The van der Waals surface area contributed by atoms with Gasteiger partial charge in [-0.25, -0.2) is 4.79 Å². The Bertz CT molecular complexity index is 761. The number of amides is 2. The molecule has 0 fully saturated rings. The van der Waals surface area contributed by atoms with Crippen LogP contribution in [0.25, 0.3) is 0 Å². The van der Waals surface area contributed by atoms with Crippen molar-refractivity contribution in [2.75, 3.05) is 6.54 Å². The van der Waals surface area contributed by atoms with Gasteiger partial charge in [-0.05, 0) is 26.3 Å². The lowest BCUT2D eigenvalue weighted by Crippen LogP contribution is -2.39. The molecule has 1 aliphatic heterocycles. The molecule has 132 valence electrons. The van der Waals surface area contributed by atoms with Crippen LogP contribution in [0.1, 0.15) is 34.6 Å². The molecule has 0 unspecified atom stereocenters. The van der Waals surface area contributed by atoms with E-state index < -0.39 is 0 Å². The quantitative estimate of drug-likeness (QED) is 0.874. The van der Waals surface area contributed by atoms with Crippen LogP contribution in [0, 0.1) is 20.8 Å². The van der Waals surface area contributed by atoms with Crippen LogP contribution >= 0.6 is 0 Å². The number of carbonyl (C=O) groups excluding carboxylic acids is 1. The van der Waals surface area contributed by atoms with Crippen molar-refractivity contribution in [1.82, 2.24) is 15.8 Å². The molecule has 7 nitrogen and oxygen atoms in total. The van der Waals surface area contributed by atoms with Crippen LogP contribution in [0.5, 0.6) is 0 Å². The largest absolute Gasteiger partial charge is 0.390 e. The van der Waals surface area contributed by atoms with E-state index in [1.165, 1.54) is 5.56 Å². The Balaban J connectivity index is 1.42. The van der Waals surface area contributed by atoms with Gasteiger partial charge in [0.15, 0.2) is 6.10 Å². The van der Waals surface area contributed by atoms with Crippen LogP contribution in [-0.4, -0.2) is 29.5 Å². The van der Waals surface area contributed by atoms with Crippen LogP contribution < -0.4 is 10.6 Å². The smallest absolute Gasteiger partial charge is 0.315 e. The standard InChI is InChI=1S/C18H22N4O3/c1-11-4-6-14(7-5-11)17-8-15(25-22-17)9-19-18(23)20-10-16-12(2)21-24-13(16)3/h4-7,15H,8-10H2,1-3H3,(H2,19,20,23)/t15-/m1/s1. The molecule has 2 heterocycles. The predicted octanol–water partition coefficient (Wildman–Crippen LogP) is 2.59. The van der Waals surface area contributed by atoms with Crippen molar-refractivity contribution in [1.29, 1.82) is 0 Å². The van der Waals surface area contributed by atoms with Crippen molar-refractivity contribution >= 4 is 11.7 Å². The number of nitrogens with one attached hydrogen (secondary N) is 2. The molecule has 0 aliphatic carbocycles. The van der Waals surface area contributed by atoms with Crippen molar-refractivity contribution in [2.45, 2.75) is 39.8 Å². The fourth-order valence-electron chi connectivity index (χ4n) is 2.65. The van der Waals surface area contributed by atoms with Crippen LogP contribution in [0.15, 0.2) is 33.9 Å². The molecule has 0 saturated carbocycles. The van der Waals surface area contributed by atoms with E-state index in [2.05, 4.69) is 20.9 Å². The number of aryl methyl sites for hydroxylation is 3. The average Bonchev–Trinajstić information content (AvgIpc) is 3.19. The molecule has 0 saturated heterocycles. The van der Waals surface area contributed by atoms with E-state index in [0.717, 1.165) is 22.5 Å². The monoisotopic (exact) mass is 342 g/mol. The summed E-state index contributed by atoms with van der Waals surface area (Å²) in [6.45, 7) is 6.49. The van der Waals surface area contributed by atoms with Gasteiger partial charge in [0.25, 0.3) is 0 Å². The van der Waals surface area contributed by atoms with Gasteiger partial charge < -0.3 is 20.0 Å². The summed E-state index contributed by atoms with van der Waals surface area (Å²) in [6.07, 6.45) is 0.522. The van der Waals surface area contributed by atoms with Gasteiger partial charge in [-0.1, -0.05) is 40.1 Å². The fourth-order valence-corrected chi connectivity index (χ4v) is 2.65. The molecule has 1 aromatic carbocycles. The van der Waals surface area contributed by atoms with Crippen LogP contribution in [-0.2, 0) is 11.4 Å². The minimum Gasteiger partial charge on any atom is -0.390 e. The number of hydrogen-bond acceptors (Lipinski definition) is 5. The fraction of sp³-hybridized carbons (Fsp3) is 0.389. The third kappa shape index (κ3) is 4.17. The molecule has 2 N–H and O–H groups in total. The highest BCUT2D eigenvalue weighted by atomic mass is 16.6. The second-order valence-electron chi connectivity index (χ2n) is 6.20. The van der Waals surface area contributed by atoms with Crippen LogP contribution in [0.3, 0.4) is 0 Å². The molecule has 1 aromatic heterocycles. The van der Waals surface area contributed by atoms with E-state index in [4.69, 9.17) is 9.36 Å². The van der Waals surface area contributed by atoms with Gasteiger partial charge in [-0.2, -0.15) is 0 Å². The summed E-state index contributed by atoms with van der Waals surface area (Å²) in [4.78, 5) is 17.4. The Morgan fingerprint density at radius 2 is 1.96 bits per heavy atom. The molecule has 1 atom stereocenters. The van der Waals surface area contributed by atoms with E-state index in [0.29, 0.717) is 25.3 Å². The number of aromatic nitrogens is 1. The lowest BCUT2D eigenvalue weighted by Gasteiger charge is -2.11. The van der Waals surface area contributed by atoms with Gasteiger partial charge >= 0.3 is 6.03 Å². The van der Waals surface area contributed by atoms with Crippen molar-refractivity contribution in [3.63, 3.8) is 0 Å². The van der Waals surface area contributed by atoms with E-state index >= 15 is 0 Å². The molecular formula is C18H22N4O3. The van der Waals surface area contributed by atoms with Crippen molar-refractivity contribution < 1.29 is 14.2 Å². The maximum absolute atomic E-state index is 11.9. The van der Waals surface area contributed by atoms with E-state index in [9.17, 15) is 4.79 Å². The SMILES string of the molecule is Cc1ccc(C2=NO[C@@H](CNC(=O)NCc3c(C)noc3C)C2)cc1. The van der Waals surface area contributed by atoms with Gasteiger partial charge in [0.1, 0.15) is 5.76 Å². The summed E-state index contributed by atoms with van der Waals surface area (Å²) in [7, 11) is 0. The third-order valence-electron chi connectivity index (χ3n) is 4.22. The van der Waals surface area contributed by atoms with Crippen LogP contribution in [0.2, 0.25) is 0 Å². The molecular weight excluding hydrogens is 320 g/mol. The van der Waals surface area contributed by atoms with E-state index in [1.807, 2.05) is 45.0 Å². The molecule has 2 amide bonds. The minimum absolute atomic E-state index is 0.152. The molecule has 25 heavy (non-hydrogen) atoms. The zero-order chi connectivity index (χ0) is 17.8. The predicted molar refractivity (Wildman–Crippen MR) is 93.4 cm³/mol. The Morgan fingerprint density at radius 1 is 1.20 bits per heavy atom. The molecule has 2 aromatic rings. The van der Waals surface area contributed by atoms with Gasteiger partial charge in [0, 0.05) is 18.5 Å². The number of oxime groups is 1. The Morgan fingerprint density at radius 3 is 2.64 bits per heavy atom. The average molecular weight is 342 g/mol. The Kier molecular flexibility index (Phi) is 5.02. The third-order valence-corrected chi connectivity index (χ3v) is 4.22. The highest BCUT2D eigenvalue weighted by Gasteiger charge is 2.22. The second kappa shape index (κ2) is 7.38. The lowest BCUT2D eigenvalue weighted by molar-refractivity contribution is 0.0865. The summed E-state index contributed by atoms with van der Waals surface area (Å²) >= 11 is 0. The normalized spacial score (nSPS) is 16.3. The first-order valence-electron chi connectivity index (χ1n) is 8.26. The highest BCUT2D eigenvalue weighted by molar-refractivity contribution is 6.01. The molecule has 7 heteroatoms. The number of carbonyl (C=O) groups is 1. The minimum atomic E-state index is -0.257. The number of benzene rings is 1. The summed E-state index contributed by atoms with van der Waals surface area (Å²) in [5.74, 6) is 0.716. The van der Waals surface area contributed by atoms with E-state index in [-0.39, 0.29) is 12.1 Å². The van der Waals surface area contributed by atoms with Gasteiger partial charge in [0.05, 0.1) is 18.0 Å². The zero-order valence-corrected chi connectivity index (χ0v) is 14.6. The van der Waals surface area contributed by atoms with Gasteiger partial charge in [-0.15, -0.1) is 0 Å². The Hall–Kier alpha value is -2.83.